The van der Waals surface area contributed by atoms with Crippen LogP contribution < -0.4 is 0 Å². The predicted octanol–water partition coefficient (Wildman–Crippen LogP) is 4.98. The van der Waals surface area contributed by atoms with Crippen molar-refractivity contribution in [3.8, 4) is 0 Å². The van der Waals surface area contributed by atoms with E-state index in [9.17, 15) is 9.90 Å². The Morgan fingerprint density at radius 3 is 1.74 bits per heavy atom. The van der Waals surface area contributed by atoms with E-state index in [0.717, 1.165) is 11.1 Å². The Morgan fingerprint density at radius 1 is 0.795 bits per heavy atom. The van der Waals surface area contributed by atoms with Crippen LogP contribution in [0, 0.1) is 0 Å². The topological polar surface area (TPSA) is 83.5 Å². The van der Waals surface area contributed by atoms with Crippen molar-refractivity contribution >= 4 is 5.97 Å². The monoisotopic (exact) mass is 534 g/mol. The molecular weight excluding hydrogens is 496 g/mol. The normalized spacial score (nSPS) is 15.1. The van der Waals surface area contributed by atoms with E-state index in [4.69, 9.17) is 23.7 Å². The number of hydrogen-bond donors (Lipinski definition) is 1. The summed E-state index contributed by atoms with van der Waals surface area (Å²) in [5.74, 6) is -0.620. The van der Waals surface area contributed by atoms with Gasteiger partial charge in [0.05, 0.1) is 32.0 Å². The maximum absolute atomic E-state index is 13.2. The predicted molar refractivity (Wildman–Crippen MR) is 149 cm³/mol. The molecule has 39 heavy (non-hydrogen) atoms. The van der Waals surface area contributed by atoms with Gasteiger partial charge >= 0.3 is 5.97 Å². The lowest BCUT2D eigenvalue weighted by Gasteiger charge is -2.43. The molecule has 7 nitrogen and oxygen atoms in total. The van der Waals surface area contributed by atoms with Gasteiger partial charge in [0.15, 0.2) is 11.7 Å². The molecule has 0 aliphatic carbocycles. The van der Waals surface area contributed by atoms with Crippen molar-refractivity contribution in [3.63, 3.8) is 0 Å². The van der Waals surface area contributed by atoms with Gasteiger partial charge in [-0.3, -0.25) is 0 Å². The number of aliphatic hydroxyl groups is 1. The van der Waals surface area contributed by atoms with E-state index in [1.165, 1.54) is 14.2 Å². The highest BCUT2D eigenvalue weighted by Crippen LogP contribution is 2.33. The second-order valence-corrected chi connectivity index (χ2v) is 9.30. The van der Waals surface area contributed by atoms with Crippen LogP contribution in [-0.4, -0.2) is 62.4 Å². The Labute approximate surface area is 230 Å². The number of hydrogen-bond acceptors (Lipinski definition) is 7. The molecule has 0 aliphatic rings. The first-order valence-electron chi connectivity index (χ1n) is 12.8. The molecule has 0 unspecified atom stereocenters. The van der Waals surface area contributed by atoms with Crippen LogP contribution in [0.15, 0.2) is 103 Å². The molecule has 0 aliphatic heterocycles. The molecule has 0 amide bonds. The lowest BCUT2D eigenvalue weighted by atomic mass is 9.81. The summed E-state index contributed by atoms with van der Waals surface area (Å²) in [5.41, 5.74) is 0.744. The van der Waals surface area contributed by atoms with E-state index in [-0.39, 0.29) is 13.2 Å². The molecule has 3 rings (SSSR count). The second kappa shape index (κ2) is 15.3. The van der Waals surface area contributed by atoms with Gasteiger partial charge in [-0.25, -0.2) is 4.79 Å². The summed E-state index contributed by atoms with van der Waals surface area (Å²) in [5, 5.41) is 12.2. The number of carbonyl (C=O) groups is 1. The van der Waals surface area contributed by atoms with Gasteiger partial charge < -0.3 is 28.8 Å². The summed E-state index contributed by atoms with van der Waals surface area (Å²) in [6, 6.07) is 27.9. The molecule has 0 radical (unpaired) electrons. The quantitative estimate of drug-likeness (QED) is 0.205. The van der Waals surface area contributed by atoms with Crippen LogP contribution in [0.1, 0.15) is 28.4 Å². The van der Waals surface area contributed by atoms with Crippen LogP contribution in [0.2, 0.25) is 0 Å². The number of methoxy groups -OCH3 is 2. The van der Waals surface area contributed by atoms with Crippen molar-refractivity contribution in [1.29, 1.82) is 0 Å². The first-order chi connectivity index (χ1) is 18.9. The van der Waals surface area contributed by atoms with Gasteiger partial charge in [-0.2, -0.15) is 0 Å². The average Bonchev–Trinajstić information content (AvgIpc) is 2.97. The summed E-state index contributed by atoms with van der Waals surface area (Å²) in [6.45, 7) is 6.37. The maximum Gasteiger partial charge on any atom is 0.338 e. The minimum atomic E-state index is -1.87. The number of carbonyl (C=O) groups excluding carboxylic acids is 1. The number of esters is 1. The van der Waals surface area contributed by atoms with Crippen molar-refractivity contribution in [2.24, 2.45) is 0 Å². The van der Waals surface area contributed by atoms with Crippen molar-refractivity contribution in [1.82, 2.24) is 0 Å². The van der Waals surface area contributed by atoms with Gasteiger partial charge in [0.2, 0.25) is 0 Å². The van der Waals surface area contributed by atoms with E-state index >= 15 is 0 Å². The van der Waals surface area contributed by atoms with Crippen molar-refractivity contribution in [2.45, 2.75) is 44.1 Å². The minimum Gasteiger partial charge on any atom is -0.452 e. The summed E-state index contributed by atoms with van der Waals surface area (Å²) in [6.07, 6.45) is -3.01. The van der Waals surface area contributed by atoms with Crippen LogP contribution in [0.5, 0.6) is 0 Å². The van der Waals surface area contributed by atoms with Crippen LogP contribution in [-0.2, 0) is 36.9 Å². The molecule has 4 atom stereocenters. The number of rotatable bonds is 16. The van der Waals surface area contributed by atoms with Crippen LogP contribution in [0.3, 0.4) is 0 Å². The van der Waals surface area contributed by atoms with Crippen molar-refractivity contribution in [3.05, 3.63) is 120 Å². The van der Waals surface area contributed by atoms with E-state index < -0.39 is 29.9 Å². The highest BCUT2D eigenvalue weighted by molar-refractivity contribution is 5.89. The number of ether oxygens (including phenoxy) is 5. The lowest BCUT2D eigenvalue weighted by Crippen LogP contribution is -2.62. The Bertz CT molecular complexity index is 1140. The Morgan fingerprint density at radius 2 is 1.28 bits per heavy atom. The van der Waals surface area contributed by atoms with Gasteiger partial charge in [-0.15, -0.1) is 0 Å². The molecular formula is C32H38O7. The van der Waals surface area contributed by atoms with Crippen LogP contribution >= 0.6 is 0 Å². The van der Waals surface area contributed by atoms with Gasteiger partial charge in [0, 0.05) is 14.2 Å². The van der Waals surface area contributed by atoms with Crippen LogP contribution in [0.4, 0.5) is 0 Å². The third kappa shape index (κ3) is 8.33. The first kappa shape index (κ1) is 30.2. The SMILES string of the molecule is C=C(C)[C@](O)([C@H](OC(=O)c1ccccc1)[C@@H](COCc1ccccc1)OC)[C@@H](COCc1ccccc1)OC. The van der Waals surface area contributed by atoms with Crippen molar-refractivity contribution < 1.29 is 33.6 Å². The highest BCUT2D eigenvalue weighted by Gasteiger charge is 2.51. The first-order valence-corrected chi connectivity index (χ1v) is 12.8. The van der Waals surface area contributed by atoms with Crippen LogP contribution in [0.25, 0.3) is 0 Å². The largest absolute Gasteiger partial charge is 0.452 e. The average molecular weight is 535 g/mol. The van der Waals surface area contributed by atoms with Gasteiger partial charge in [-0.1, -0.05) is 85.4 Å². The molecule has 0 fully saturated rings. The van der Waals surface area contributed by atoms with E-state index in [0.29, 0.717) is 24.4 Å². The Hall–Kier alpha value is -3.33. The van der Waals surface area contributed by atoms with E-state index in [1.54, 1.807) is 37.3 Å². The van der Waals surface area contributed by atoms with Gasteiger partial charge in [0.1, 0.15) is 12.2 Å². The molecule has 0 aromatic heterocycles. The Kier molecular flexibility index (Phi) is 11.9. The Balaban J connectivity index is 1.86. The molecule has 0 spiro atoms. The minimum absolute atomic E-state index is 0.00937. The lowest BCUT2D eigenvalue weighted by molar-refractivity contribution is -0.193. The third-order valence-electron chi connectivity index (χ3n) is 6.55. The molecule has 208 valence electrons. The molecule has 3 aromatic carbocycles. The van der Waals surface area contributed by atoms with Gasteiger partial charge in [-0.05, 0) is 35.8 Å². The molecule has 3 aromatic rings. The zero-order valence-electron chi connectivity index (χ0n) is 22.8. The summed E-state index contributed by atoms with van der Waals surface area (Å²) in [4.78, 5) is 13.2. The standard InChI is InChI=1S/C32H38O7/c1-24(2)32(34,29(36-4)23-38-21-26-16-10-6-11-17-26)30(39-31(33)27-18-12-7-13-19-27)28(35-3)22-37-20-25-14-8-5-9-15-25/h5-19,28-30,34H,1,20-23H2,2-4H3/t28-,29-,30-,32-/m1/s1. The molecule has 7 heteroatoms. The maximum atomic E-state index is 13.2. The summed E-state index contributed by atoms with van der Waals surface area (Å²) < 4.78 is 29.3. The molecule has 0 bridgehead atoms. The zero-order valence-corrected chi connectivity index (χ0v) is 22.8. The van der Waals surface area contributed by atoms with Crippen molar-refractivity contribution in [2.75, 3.05) is 27.4 Å². The smallest absolute Gasteiger partial charge is 0.338 e. The third-order valence-corrected chi connectivity index (χ3v) is 6.55. The fourth-order valence-corrected chi connectivity index (χ4v) is 4.29. The molecule has 1 N–H and O–H groups in total. The summed E-state index contributed by atoms with van der Waals surface area (Å²) >= 11 is 0. The molecule has 0 saturated carbocycles. The fourth-order valence-electron chi connectivity index (χ4n) is 4.29. The van der Waals surface area contributed by atoms with Gasteiger partial charge in [0.25, 0.3) is 0 Å². The van der Waals surface area contributed by atoms with E-state index in [1.807, 2.05) is 60.7 Å². The fraction of sp³-hybridized carbons (Fsp3) is 0.344. The highest BCUT2D eigenvalue weighted by atomic mass is 16.6. The zero-order chi connectivity index (χ0) is 28.1. The van der Waals surface area contributed by atoms with E-state index in [2.05, 4.69) is 6.58 Å². The number of benzene rings is 3. The second-order valence-electron chi connectivity index (χ2n) is 9.30. The molecule has 0 saturated heterocycles. The summed E-state index contributed by atoms with van der Waals surface area (Å²) in [7, 11) is 2.95. The molecule has 0 heterocycles.